The van der Waals surface area contributed by atoms with Crippen LogP contribution in [0.25, 0.3) is 31.3 Å². The number of hydrogen-bond donors (Lipinski definition) is 0. The van der Waals surface area contributed by atoms with Gasteiger partial charge >= 0.3 is 0 Å². The fourth-order valence-electron chi connectivity index (χ4n) is 2.96. The van der Waals surface area contributed by atoms with E-state index in [0.29, 0.717) is 5.76 Å². The van der Waals surface area contributed by atoms with Crippen LogP contribution in [0.15, 0.2) is 91.2 Å². The third-order valence-corrected chi connectivity index (χ3v) is 5.51. The number of thiophene rings is 1. The highest BCUT2D eigenvalue weighted by molar-refractivity contribution is 7.26. The van der Waals surface area contributed by atoms with Crippen LogP contribution in [0.2, 0.25) is 0 Å². The Morgan fingerprint density at radius 1 is 0.800 bits per heavy atom. The fourth-order valence-corrected chi connectivity index (χ4v) is 4.19. The number of benzene rings is 3. The van der Waals surface area contributed by atoms with Crippen molar-refractivity contribution in [1.29, 1.82) is 0 Å². The molecule has 0 saturated heterocycles. The first-order valence-electron chi connectivity index (χ1n) is 8.17. The molecule has 2 heteroatoms. The summed E-state index contributed by atoms with van der Waals surface area (Å²) < 4.78 is 8.57. The van der Waals surface area contributed by atoms with Crippen molar-refractivity contribution in [2.24, 2.45) is 0 Å². The molecule has 4 aromatic rings. The molecule has 4 rings (SSSR count). The summed E-state index contributed by atoms with van der Waals surface area (Å²) in [6, 6.07) is 23.1. The molecule has 0 aliphatic heterocycles. The molecule has 0 spiro atoms. The number of ether oxygens (including phenoxy) is 1. The van der Waals surface area contributed by atoms with Crippen LogP contribution in [0.1, 0.15) is 6.92 Å². The zero-order valence-corrected chi connectivity index (χ0v) is 14.9. The molecule has 1 aromatic heterocycles. The third-order valence-electron chi connectivity index (χ3n) is 4.29. The zero-order chi connectivity index (χ0) is 17.4. The topological polar surface area (TPSA) is 9.23 Å². The Hall–Kier alpha value is -2.84. The average Bonchev–Trinajstić information content (AvgIpc) is 3.01. The van der Waals surface area contributed by atoms with Gasteiger partial charge in [0.15, 0.2) is 0 Å². The number of rotatable bonds is 4. The van der Waals surface area contributed by atoms with Crippen LogP contribution >= 0.6 is 11.3 Å². The van der Waals surface area contributed by atoms with Gasteiger partial charge in [0.25, 0.3) is 0 Å². The van der Waals surface area contributed by atoms with E-state index >= 15 is 0 Å². The van der Waals surface area contributed by atoms with E-state index in [-0.39, 0.29) is 0 Å². The lowest BCUT2D eigenvalue weighted by molar-refractivity contribution is 0.441. The van der Waals surface area contributed by atoms with Crippen LogP contribution in [0.4, 0.5) is 0 Å². The molecule has 0 saturated carbocycles. The summed E-state index contributed by atoms with van der Waals surface area (Å²) in [6.45, 7) is 9.77. The molecule has 0 bridgehead atoms. The maximum Gasteiger partial charge on any atom is 0.135 e. The van der Waals surface area contributed by atoms with E-state index in [1.165, 1.54) is 25.7 Å². The first-order chi connectivity index (χ1) is 12.1. The van der Waals surface area contributed by atoms with Crippen LogP contribution < -0.4 is 4.74 Å². The van der Waals surface area contributed by atoms with Crippen molar-refractivity contribution in [2.45, 2.75) is 6.92 Å². The molecule has 0 atom stereocenters. The number of allylic oxidation sites excluding steroid dienone is 1. The maximum atomic E-state index is 5.99. The van der Waals surface area contributed by atoms with E-state index < -0.39 is 0 Å². The molecule has 0 N–H and O–H groups in total. The summed E-state index contributed by atoms with van der Waals surface area (Å²) in [5, 5.41) is 2.58. The molecule has 0 aliphatic carbocycles. The summed E-state index contributed by atoms with van der Waals surface area (Å²) in [5.41, 5.74) is 3.08. The first kappa shape index (κ1) is 15.7. The maximum absolute atomic E-state index is 5.99. The molecule has 0 radical (unpaired) electrons. The molecular weight excluding hydrogens is 324 g/mol. The normalized spacial score (nSPS) is 10.9. The average molecular weight is 342 g/mol. The number of fused-ring (bicyclic) bond motifs is 3. The minimum absolute atomic E-state index is 0.593. The predicted octanol–water partition coefficient (Wildman–Crippen LogP) is 7.19. The van der Waals surface area contributed by atoms with Crippen LogP contribution in [0.3, 0.4) is 0 Å². The summed E-state index contributed by atoms with van der Waals surface area (Å²) in [4.78, 5) is 0. The van der Waals surface area contributed by atoms with Gasteiger partial charge in [-0.2, -0.15) is 0 Å². The van der Waals surface area contributed by atoms with Crippen LogP contribution in [0.5, 0.6) is 5.75 Å². The van der Waals surface area contributed by atoms with Gasteiger partial charge in [0.05, 0.1) is 0 Å². The lowest BCUT2D eigenvalue weighted by Crippen LogP contribution is -1.96. The Balaban J connectivity index is 1.94. The Labute approximate surface area is 151 Å². The van der Waals surface area contributed by atoms with Gasteiger partial charge in [0.2, 0.25) is 0 Å². The van der Waals surface area contributed by atoms with E-state index in [4.69, 9.17) is 4.74 Å². The smallest absolute Gasteiger partial charge is 0.135 e. The quantitative estimate of drug-likeness (QED) is 0.282. The highest BCUT2D eigenvalue weighted by Crippen LogP contribution is 2.42. The Morgan fingerprint density at radius 2 is 1.48 bits per heavy atom. The predicted molar refractivity (Wildman–Crippen MR) is 109 cm³/mol. The van der Waals surface area contributed by atoms with Crippen molar-refractivity contribution >= 4 is 31.5 Å². The fraction of sp³-hybridized carbons (Fsp3) is 0.0435. The molecule has 1 heterocycles. The summed E-state index contributed by atoms with van der Waals surface area (Å²) in [6.07, 6.45) is 0. The highest BCUT2D eigenvalue weighted by Gasteiger charge is 2.14. The van der Waals surface area contributed by atoms with Gasteiger partial charge in [-0.1, -0.05) is 67.8 Å². The van der Waals surface area contributed by atoms with Gasteiger partial charge in [-0.15, -0.1) is 11.3 Å². The van der Waals surface area contributed by atoms with E-state index in [2.05, 4.69) is 61.7 Å². The van der Waals surface area contributed by atoms with E-state index in [0.717, 1.165) is 16.9 Å². The lowest BCUT2D eigenvalue weighted by Gasteiger charge is -2.13. The first-order valence-corrected chi connectivity index (χ1v) is 8.99. The minimum Gasteiger partial charge on any atom is -0.457 e. The van der Waals surface area contributed by atoms with Crippen LogP contribution in [-0.4, -0.2) is 0 Å². The summed E-state index contributed by atoms with van der Waals surface area (Å²) in [5.74, 6) is 1.40. The van der Waals surface area contributed by atoms with Crippen molar-refractivity contribution in [3.63, 3.8) is 0 Å². The van der Waals surface area contributed by atoms with Gasteiger partial charge in [-0.25, -0.2) is 0 Å². The molecule has 0 aliphatic rings. The molecule has 122 valence electrons. The molecule has 3 aromatic carbocycles. The van der Waals surface area contributed by atoms with E-state index in [9.17, 15) is 0 Å². The second kappa shape index (κ2) is 6.23. The SMILES string of the molecule is C=C(C)C(=C)Oc1ccccc1-c1cccc2c1sc1ccccc12. The zero-order valence-electron chi connectivity index (χ0n) is 14.1. The molecule has 1 nitrogen and oxygen atoms in total. The number of hydrogen-bond acceptors (Lipinski definition) is 2. The monoisotopic (exact) mass is 342 g/mol. The van der Waals surface area contributed by atoms with E-state index in [1.807, 2.05) is 36.5 Å². The van der Waals surface area contributed by atoms with Gasteiger partial charge in [0.1, 0.15) is 11.5 Å². The Bertz CT molecular complexity index is 1120. The standard InChI is InChI=1S/C23H18OS/c1-15(2)16(3)24-21-13-6-4-9-17(21)19-11-8-12-20-18-10-5-7-14-22(18)25-23(19)20/h4-14H,1,3H2,2H3. The second-order valence-corrected chi connectivity index (χ2v) is 7.13. The minimum atomic E-state index is 0.593. The lowest BCUT2D eigenvalue weighted by atomic mass is 10.0. The second-order valence-electron chi connectivity index (χ2n) is 6.08. The van der Waals surface area contributed by atoms with Crippen molar-refractivity contribution in [3.8, 4) is 16.9 Å². The molecule has 0 unspecified atom stereocenters. The van der Waals surface area contributed by atoms with E-state index in [1.54, 1.807) is 0 Å². The van der Waals surface area contributed by atoms with Crippen molar-refractivity contribution in [1.82, 2.24) is 0 Å². The van der Waals surface area contributed by atoms with Crippen LogP contribution in [-0.2, 0) is 0 Å². The number of para-hydroxylation sites is 1. The largest absolute Gasteiger partial charge is 0.457 e. The van der Waals surface area contributed by atoms with Crippen molar-refractivity contribution in [3.05, 3.63) is 91.2 Å². The third kappa shape index (κ3) is 2.75. The molecular formula is C23H18OS. The van der Waals surface area contributed by atoms with Crippen molar-refractivity contribution < 1.29 is 4.74 Å². The van der Waals surface area contributed by atoms with Gasteiger partial charge in [-0.3, -0.25) is 0 Å². The van der Waals surface area contributed by atoms with Gasteiger partial charge < -0.3 is 4.74 Å². The van der Waals surface area contributed by atoms with Crippen LogP contribution in [0, 0.1) is 0 Å². The highest BCUT2D eigenvalue weighted by atomic mass is 32.1. The Morgan fingerprint density at radius 3 is 2.32 bits per heavy atom. The molecule has 25 heavy (non-hydrogen) atoms. The summed E-state index contributed by atoms with van der Waals surface area (Å²) in [7, 11) is 0. The summed E-state index contributed by atoms with van der Waals surface area (Å²) >= 11 is 1.82. The van der Waals surface area contributed by atoms with Gasteiger partial charge in [-0.05, 0) is 24.6 Å². The molecule has 0 amide bonds. The Kier molecular flexibility index (Phi) is 3.90. The molecule has 0 fully saturated rings. The van der Waals surface area contributed by atoms with Gasteiger partial charge in [0, 0.05) is 31.3 Å². The van der Waals surface area contributed by atoms with Crippen molar-refractivity contribution in [2.75, 3.05) is 0 Å².